The Morgan fingerprint density at radius 2 is 2.18 bits per heavy atom. The van der Waals surface area contributed by atoms with Crippen LogP contribution in [0.2, 0.25) is 0 Å². The maximum absolute atomic E-state index is 13.3. The summed E-state index contributed by atoms with van der Waals surface area (Å²) in [6, 6.07) is 6.27. The van der Waals surface area contributed by atoms with Gasteiger partial charge in [0.15, 0.2) is 17.3 Å². The van der Waals surface area contributed by atoms with Crippen LogP contribution in [0.15, 0.2) is 36.7 Å². The number of nitrogens with zero attached hydrogens (tertiary/aromatic N) is 2. The Bertz CT molecular complexity index is 484. The van der Waals surface area contributed by atoms with Gasteiger partial charge in [0, 0.05) is 6.54 Å². The van der Waals surface area contributed by atoms with Gasteiger partial charge in [0.1, 0.15) is 0 Å². The summed E-state index contributed by atoms with van der Waals surface area (Å²) in [5.74, 6) is 0.334. The lowest BCUT2D eigenvalue weighted by Crippen LogP contribution is -2.05. The van der Waals surface area contributed by atoms with Crippen molar-refractivity contribution in [2.24, 2.45) is 5.73 Å². The highest BCUT2D eigenvalue weighted by Gasteiger charge is 2.05. The van der Waals surface area contributed by atoms with Crippen molar-refractivity contribution in [2.45, 2.75) is 13.0 Å². The summed E-state index contributed by atoms with van der Waals surface area (Å²) in [6.45, 7) is 1.35. The fourth-order valence-corrected chi connectivity index (χ4v) is 1.43. The smallest absolute Gasteiger partial charge is 0.165 e. The van der Waals surface area contributed by atoms with E-state index in [-0.39, 0.29) is 11.6 Å². The highest BCUT2D eigenvalue weighted by molar-refractivity contribution is 5.29. The molecule has 0 atom stereocenters. The number of para-hydroxylation sites is 1. The third kappa shape index (κ3) is 3.04. The Labute approximate surface area is 98.8 Å². The lowest BCUT2D eigenvalue weighted by molar-refractivity contribution is 0.441. The lowest BCUT2D eigenvalue weighted by atomic mass is 10.3. The monoisotopic (exact) mass is 235 g/mol. The number of halogens is 1. The second-order valence-corrected chi connectivity index (χ2v) is 3.61. The molecule has 2 aromatic rings. The zero-order chi connectivity index (χ0) is 12.1. The second-order valence-electron chi connectivity index (χ2n) is 3.61. The molecule has 17 heavy (non-hydrogen) atoms. The van der Waals surface area contributed by atoms with Gasteiger partial charge >= 0.3 is 0 Å². The minimum atomic E-state index is -0.387. The van der Waals surface area contributed by atoms with E-state index in [1.807, 2.05) is 0 Å². The molecule has 2 N–H and O–H groups in total. The van der Waals surface area contributed by atoms with E-state index in [2.05, 4.69) is 5.10 Å². The first-order chi connectivity index (χ1) is 8.29. The third-order valence-corrected chi connectivity index (χ3v) is 2.27. The van der Waals surface area contributed by atoms with Gasteiger partial charge < -0.3 is 10.5 Å². The van der Waals surface area contributed by atoms with Crippen molar-refractivity contribution >= 4 is 0 Å². The molecule has 0 aliphatic carbocycles. The van der Waals surface area contributed by atoms with E-state index >= 15 is 0 Å². The minimum absolute atomic E-state index is 0.200. The highest BCUT2D eigenvalue weighted by atomic mass is 19.1. The lowest BCUT2D eigenvalue weighted by Gasteiger charge is -2.03. The van der Waals surface area contributed by atoms with Crippen LogP contribution in [0.1, 0.15) is 6.42 Å². The van der Waals surface area contributed by atoms with Crippen molar-refractivity contribution in [1.29, 1.82) is 0 Å². The molecular weight excluding hydrogens is 221 g/mol. The van der Waals surface area contributed by atoms with Crippen LogP contribution in [0, 0.1) is 5.82 Å². The topological polar surface area (TPSA) is 53.1 Å². The van der Waals surface area contributed by atoms with E-state index in [9.17, 15) is 4.39 Å². The Morgan fingerprint density at radius 3 is 2.94 bits per heavy atom. The van der Waals surface area contributed by atoms with Crippen molar-refractivity contribution in [3.05, 3.63) is 42.5 Å². The summed E-state index contributed by atoms with van der Waals surface area (Å²) in [7, 11) is 0. The van der Waals surface area contributed by atoms with Crippen LogP contribution in [0.25, 0.3) is 0 Å². The molecule has 1 heterocycles. The molecule has 0 bridgehead atoms. The summed E-state index contributed by atoms with van der Waals surface area (Å²) in [4.78, 5) is 0. The molecule has 0 fully saturated rings. The quantitative estimate of drug-likeness (QED) is 0.864. The normalized spacial score (nSPS) is 10.5. The van der Waals surface area contributed by atoms with Gasteiger partial charge in [-0.05, 0) is 25.1 Å². The number of nitrogens with two attached hydrogens (primary N) is 1. The van der Waals surface area contributed by atoms with E-state index in [0.29, 0.717) is 12.3 Å². The van der Waals surface area contributed by atoms with E-state index in [0.717, 1.165) is 13.0 Å². The Kier molecular flexibility index (Phi) is 3.72. The van der Waals surface area contributed by atoms with Gasteiger partial charge in [-0.1, -0.05) is 12.1 Å². The summed E-state index contributed by atoms with van der Waals surface area (Å²) >= 11 is 0. The molecule has 1 aromatic heterocycles. The molecule has 2 rings (SSSR count). The Hall–Kier alpha value is -1.88. The Balaban J connectivity index is 2.04. The number of ether oxygens (including phenoxy) is 1. The summed E-state index contributed by atoms with van der Waals surface area (Å²) in [6.07, 6.45) is 4.13. The van der Waals surface area contributed by atoms with Crippen LogP contribution in [0.3, 0.4) is 0 Å². The first-order valence-electron chi connectivity index (χ1n) is 5.44. The number of hydrogen-bond donors (Lipinski definition) is 1. The SMILES string of the molecule is NCCCn1cc(Oc2ccccc2F)cn1. The van der Waals surface area contributed by atoms with Gasteiger partial charge in [-0.3, -0.25) is 4.68 Å². The summed E-state index contributed by atoms with van der Waals surface area (Å²) in [5, 5.41) is 4.09. The van der Waals surface area contributed by atoms with Gasteiger partial charge in [0.2, 0.25) is 0 Å². The second kappa shape index (κ2) is 5.45. The zero-order valence-corrected chi connectivity index (χ0v) is 9.34. The van der Waals surface area contributed by atoms with Crippen molar-refractivity contribution in [2.75, 3.05) is 6.54 Å². The minimum Gasteiger partial charge on any atom is -0.451 e. The molecule has 0 saturated carbocycles. The van der Waals surface area contributed by atoms with Crippen LogP contribution < -0.4 is 10.5 Å². The predicted molar refractivity (Wildman–Crippen MR) is 62.4 cm³/mol. The first kappa shape index (κ1) is 11.6. The number of aryl methyl sites for hydroxylation is 1. The third-order valence-electron chi connectivity index (χ3n) is 2.27. The molecule has 0 spiro atoms. The number of benzene rings is 1. The van der Waals surface area contributed by atoms with Gasteiger partial charge in [0.05, 0.1) is 12.4 Å². The molecule has 0 radical (unpaired) electrons. The average molecular weight is 235 g/mol. The van der Waals surface area contributed by atoms with Gasteiger partial charge in [-0.15, -0.1) is 0 Å². The molecule has 0 saturated heterocycles. The first-order valence-corrected chi connectivity index (χ1v) is 5.44. The largest absolute Gasteiger partial charge is 0.451 e. The standard InChI is InChI=1S/C12H14FN3O/c13-11-4-1-2-5-12(11)17-10-8-15-16(9-10)7-3-6-14/h1-2,4-5,8-9H,3,6-7,14H2. The molecule has 0 aliphatic heterocycles. The fraction of sp³-hybridized carbons (Fsp3) is 0.250. The van der Waals surface area contributed by atoms with Crippen LogP contribution in [0.5, 0.6) is 11.5 Å². The van der Waals surface area contributed by atoms with E-state index < -0.39 is 0 Å². The average Bonchev–Trinajstić information content (AvgIpc) is 2.77. The van der Waals surface area contributed by atoms with Crippen molar-refractivity contribution < 1.29 is 9.13 Å². The van der Waals surface area contributed by atoms with E-state index in [4.69, 9.17) is 10.5 Å². The fourth-order valence-electron chi connectivity index (χ4n) is 1.43. The molecule has 0 unspecified atom stereocenters. The molecule has 5 heteroatoms. The molecule has 0 aliphatic rings. The highest BCUT2D eigenvalue weighted by Crippen LogP contribution is 2.23. The summed E-state index contributed by atoms with van der Waals surface area (Å²) in [5.41, 5.74) is 5.40. The van der Waals surface area contributed by atoms with E-state index in [1.54, 1.807) is 35.3 Å². The molecule has 90 valence electrons. The molecular formula is C12H14FN3O. The van der Waals surface area contributed by atoms with Crippen LogP contribution in [-0.4, -0.2) is 16.3 Å². The van der Waals surface area contributed by atoms with Gasteiger partial charge in [-0.2, -0.15) is 5.10 Å². The molecule has 4 nitrogen and oxygen atoms in total. The maximum Gasteiger partial charge on any atom is 0.165 e. The van der Waals surface area contributed by atoms with Crippen LogP contribution in [0.4, 0.5) is 4.39 Å². The number of aromatic nitrogens is 2. The van der Waals surface area contributed by atoms with Crippen LogP contribution >= 0.6 is 0 Å². The molecule has 0 amide bonds. The Morgan fingerprint density at radius 1 is 1.35 bits per heavy atom. The molecule has 1 aromatic carbocycles. The van der Waals surface area contributed by atoms with Crippen LogP contribution in [-0.2, 0) is 6.54 Å². The van der Waals surface area contributed by atoms with Crippen molar-refractivity contribution in [1.82, 2.24) is 9.78 Å². The zero-order valence-electron chi connectivity index (χ0n) is 9.34. The number of hydrogen-bond acceptors (Lipinski definition) is 3. The van der Waals surface area contributed by atoms with E-state index in [1.165, 1.54) is 6.07 Å². The summed E-state index contributed by atoms with van der Waals surface area (Å²) < 4.78 is 20.4. The predicted octanol–water partition coefficient (Wildman–Crippen LogP) is 2.16. The van der Waals surface area contributed by atoms with Gasteiger partial charge in [0.25, 0.3) is 0 Å². The van der Waals surface area contributed by atoms with Crippen molar-refractivity contribution in [3.8, 4) is 11.5 Å². The van der Waals surface area contributed by atoms with Gasteiger partial charge in [-0.25, -0.2) is 4.39 Å². The maximum atomic E-state index is 13.3. The number of rotatable bonds is 5. The van der Waals surface area contributed by atoms with Crippen molar-refractivity contribution in [3.63, 3.8) is 0 Å².